The molecule has 3 rings (SSSR count). The highest BCUT2D eigenvalue weighted by Crippen LogP contribution is 2.34. The van der Waals surface area contributed by atoms with E-state index in [1.54, 1.807) is 12.0 Å². The summed E-state index contributed by atoms with van der Waals surface area (Å²) in [6.45, 7) is 10.2. The summed E-state index contributed by atoms with van der Waals surface area (Å²) < 4.78 is 11.0. The zero-order chi connectivity index (χ0) is 24.3. The van der Waals surface area contributed by atoms with Gasteiger partial charge in [-0.1, -0.05) is 17.7 Å². The van der Waals surface area contributed by atoms with Gasteiger partial charge in [0, 0.05) is 13.1 Å². The van der Waals surface area contributed by atoms with Gasteiger partial charge in [0.25, 0.3) is 0 Å². The van der Waals surface area contributed by atoms with Crippen LogP contribution in [-0.2, 0) is 9.53 Å². The summed E-state index contributed by atoms with van der Waals surface area (Å²) in [5.74, 6) is 0.636. The van der Waals surface area contributed by atoms with E-state index in [0.29, 0.717) is 31.0 Å². The number of nitrogens with one attached hydrogen (secondary N) is 1. The smallest absolute Gasteiger partial charge is 0.410 e. The van der Waals surface area contributed by atoms with Gasteiger partial charge in [0.1, 0.15) is 16.4 Å². The maximum absolute atomic E-state index is 13.0. The summed E-state index contributed by atoms with van der Waals surface area (Å²) in [6.07, 6.45) is 2.42. The normalized spacial score (nSPS) is 16.3. The summed E-state index contributed by atoms with van der Waals surface area (Å²) >= 11 is 6.30. The molecule has 0 radical (unpaired) electrons. The minimum atomic E-state index is -0.591. The van der Waals surface area contributed by atoms with Crippen LogP contribution in [0.5, 0.6) is 5.75 Å². The summed E-state index contributed by atoms with van der Waals surface area (Å²) in [5.41, 5.74) is 2.16. The lowest BCUT2D eigenvalue weighted by atomic mass is 9.97. The van der Waals surface area contributed by atoms with Crippen LogP contribution in [0.2, 0.25) is 5.02 Å². The van der Waals surface area contributed by atoms with Crippen molar-refractivity contribution < 1.29 is 19.1 Å². The maximum Gasteiger partial charge on any atom is 0.410 e. The summed E-state index contributed by atoms with van der Waals surface area (Å²) in [7, 11) is 1.59. The number of halogens is 1. The Bertz CT molecular complexity index is 1050. The number of carbonyl (C=O) groups is 2. The van der Waals surface area contributed by atoms with Crippen LogP contribution in [0.1, 0.15) is 44.7 Å². The molecule has 33 heavy (non-hydrogen) atoms. The lowest BCUT2D eigenvalue weighted by molar-refractivity contribution is -0.121. The van der Waals surface area contributed by atoms with E-state index in [1.165, 1.54) is 6.20 Å². The lowest BCUT2D eigenvalue weighted by Gasteiger charge is -2.33. The molecule has 0 bridgehead atoms. The van der Waals surface area contributed by atoms with E-state index < -0.39 is 17.6 Å². The van der Waals surface area contributed by atoms with Gasteiger partial charge in [0.05, 0.1) is 24.8 Å². The number of carbonyl (C=O) groups excluding carboxylic acids is 2. The number of rotatable bonds is 4. The Balaban J connectivity index is 1.79. The minimum Gasteiger partial charge on any atom is -0.496 e. The Hall–Kier alpha value is -2.87. The van der Waals surface area contributed by atoms with E-state index in [0.717, 1.165) is 16.7 Å². The SMILES string of the molecule is COc1cc(C)cc(C)c1-c1ncc(Cl)c(NC(=O)[C@@H]2CCCN(C(=O)OC(C)(C)C)C2)n1. The molecule has 9 heteroatoms. The molecule has 178 valence electrons. The molecule has 2 heterocycles. The minimum absolute atomic E-state index is 0.225. The molecule has 1 atom stereocenters. The quantitative estimate of drug-likeness (QED) is 0.669. The van der Waals surface area contributed by atoms with Crippen molar-refractivity contribution in [2.45, 2.75) is 53.1 Å². The number of hydrogen-bond donors (Lipinski definition) is 1. The first-order valence-corrected chi connectivity index (χ1v) is 11.3. The van der Waals surface area contributed by atoms with Crippen LogP contribution in [0.4, 0.5) is 10.6 Å². The zero-order valence-corrected chi connectivity index (χ0v) is 20.7. The number of nitrogens with zero attached hydrogens (tertiary/aromatic N) is 3. The molecular weight excluding hydrogens is 444 g/mol. The summed E-state index contributed by atoms with van der Waals surface area (Å²) in [4.78, 5) is 35.9. The van der Waals surface area contributed by atoms with Gasteiger partial charge in [-0.2, -0.15) is 0 Å². The van der Waals surface area contributed by atoms with Gasteiger partial charge >= 0.3 is 6.09 Å². The highest BCUT2D eigenvalue weighted by Gasteiger charge is 2.31. The number of aromatic nitrogens is 2. The number of likely N-dealkylation sites (tertiary alicyclic amines) is 1. The highest BCUT2D eigenvalue weighted by atomic mass is 35.5. The van der Waals surface area contributed by atoms with Gasteiger partial charge in [0.15, 0.2) is 11.6 Å². The Labute approximate surface area is 199 Å². The van der Waals surface area contributed by atoms with E-state index in [9.17, 15) is 9.59 Å². The van der Waals surface area contributed by atoms with E-state index in [2.05, 4.69) is 15.3 Å². The molecule has 1 aliphatic heterocycles. The first-order chi connectivity index (χ1) is 15.5. The molecular formula is C24H31ClN4O4. The van der Waals surface area contributed by atoms with Crippen molar-refractivity contribution in [3.8, 4) is 17.1 Å². The van der Waals surface area contributed by atoms with Crippen LogP contribution in [0.3, 0.4) is 0 Å². The molecule has 1 N–H and O–H groups in total. The van der Waals surface area contributed by atoms with Crippen LogP contribution in [0, 0.1) is 19.8 Å². The second kappa shape index (κ2) is 9.95. The predicted octanol–water partition coefficient (Wildman–Crippen LogP) is 5.01. The molecule has 0 unspecified atom stereocenters. The zero-order valence-electron chi connectivity index (χ0n) is 20.0. The van der Waals surface area contributed by atoms with Crippen LogP contribution in [0.25, 0.3) is 11.4 Å². The fourth-order valence-electron chi connectivity index (χ4n) is 3.85. The molecule has 1 saturated heterocycles. The average molecular weight is 475 g/mol. The number of anilines is 1. The van der Waals surface area contributed by atoms with Gasteiger partial charge in [-0.05, 0) is 64.7 Å². The summed E-state index contributed by atoms with van der Waals surface area (Å²) in [5, 5.41) is 3.06. The van der Waals surface area contributed by atoms with Crippen molar-refractivity contribution in [1.82, 2.24) is 14.9 Å². The standard InChI is InChI=1S/C24H31ClN4O4/c1-14-10-15(2)19(18(11-14)32-6)21-26-12-17(25)20(27-21)28-22(30)16-8-7-9-29(13-16)23(31)33-24(3,4)5/h10-12,16H,7-9,13H2,1-6H3,(H,26,27,28,30)/t16-/m1/s1. The molecule has 8 nitrogen and oxygen atoms in total. The third-order valence-electron chi connectivity index (χ3n) is 5.32. The number of piperidine rings is 1. The van der Waals surface area contributed by atoms with E-state index in [-0.39, 0.29) is 23.3 Å². The Morgan fingerprint density at radius 3 is 2.64 bits per heavy atom. The third kappa shape index (κ3) is 6.13. The third-order valence-corrected chi connectivity index (χ3v) is 5.59. The van der Waals surface area contributed by atoms with Gasteiger partial charge in [-0.25, -0.2) is 14.8 Å². The Morgan fingerprint density at radius 1 is 1.24 bits per heavy atom. The molecule has 2 amide bonds. The number of amides is 2. The number of methoxy groups -OCH3 is 1. The molecule has 0 aliphatic carbocycles. The second-order valence-electron chi connectivity index (χ2n) is 9.30. The van der Waals surface area contributed by atoms with E-state index in [4.69, 9.17) is 21.1 Å². The van der Waals surface area contributed by atoms with Crippen LogP contribution >= 0.6 is 11.6 Å². The first-order valence-electron chi connectivity index (χ1n) is 11.0. The monoisotopic (exact) mass is 474 g/mol. The molecule has 0 spiro atoms. The van der Waals surface area contributed by atoms with Crippen molar-refractivity contribution in [3.05, 3.63) is 34.5 Å². The van der Waals surface area contributed by atoms with Crippen molar-refractivity contribution in [2.75, 3.05) is 25.5 Å². The maximum atomic E-state index is 13.0. The van der Waals surface area contributed by atoms with Crippen LogP contribution in [-0.4, -0.2) is 52.7 Å². The molecule has 0 saturated carbocycles. The molecule has 1 aromatic heterocycles. The Kier molecular flexibility index (Phi) is 7.47. The highest BCUT2D eigenvalue weighted by molar-refractivity contribution is 6.33. The van der Waals surface area contributed by atoms with Gasteiger partial charge in [-0.3, -0.25) is 4.79 Å². The molecule has 2 aromatic rings. The van der Waals surface area contributed by atoms with Crippen LogP contribution in [0.15, 0.2) is 18.3 Å². The summed E-state index contributed by atoms with van der Waals surface area (Å²) in [6, 6.07) is 3.92. The second-order valence-corrected chi connectivity index (χ2v) is 9.71. The first kappa shape index (κ1) is 24.8. The van der Waals surface area contributed by atoms with Crippen molar-refractivity contribution >= 4 is 29.4 Å². The average Bonchev–Trinajstić information content (AvgIpc) is 2.73. The molecule has 1 aliphatic rings. The van der Waals surface area contributed by atoms with E-state index in [1.807, 2.05) is 46.8 Å². The Morgan fingerprint density at radius 2 is 1.97 bits per heavy atom. The fraction of sp³-hybridized carbons (Fsp3) is 0.500. The number of ether oxygens (including phenoxy) is 2. The molecule has 1 aromatic carbocycles. The predicted molar refractivity (Wildman–Crippen MR) is 128 cm³/mol. The van der Waals surface area contributed by atoms with Crippen molar-refractivity contribution in [1.29, 1.82) is 0 Å². The van der Waals surface area contributed by atoms with Gasteiger partial charge in [-0.15, -0.1) is 0 Å². The van der Waals surface area contributed by atoms with Gasteiger partial charge < -0.3 is 19.7 Å². The van der Waals surface area contributed by atoms with Crippen LogP contribution < -0.4 is 10.1 Å². The number of aryl methyl sites for hydroxylation is 2. The topological polar surface area (TPSA) is 93.7 Å². The lowest BCUT2D eigenvalue weighted by Crippen LogP contribution is -2.45. The van der Waals surface area contributed by atoms with E-state index >= 15 is 0 Å². The van der Waals surface area contributed by atoms with Gasteiger partial charge in [0.2, 0.25) is 5.91 Å². The van der Waals surface area contributed by atoms with Crippen molar-refractivity contribution in [2.24, 2.45) is 5.92 Å². The number of benzene rings is 1. The fourth-order valence-corrected chi connectivity index (χ4v) is 3.99. The number of hydrogen-bond acceptors (Lipinski definition) is 6. The largest absolute Gasteiger partial charge is 0.496 e. The molecule has 1 fully saturated rings. The van der Waals surface area contributed by atoms with Crippen molar-refractivity contribution in [3.63, 3.8) is 0 Å².